The monoisotopic (exact) mass is 340 g/mol. The first kappa shape index (κ1) is 14.8. The molecule has 1 saturated heterocycles. The van der Waals surface area contributed by atoms with Crippen molar-refractivity contribution in [3.8, 4) is 0 Å². The largest absolute Gasteiger partial charge is 0.389 e. The Labute approximate surface area is 129 Å². The van der Waals surface area contributed by atoms with E-state index in [0.717, 1.165) is 23.1 Å². The molecule has 2 N–H and O–H groups in total. The average Bonchev–Trinajstić information content (AvgIpc) is 2.83. The van der Waals surface area contributed by atoms with Crippen LogP contribution in [0, 0.1) is 5.41 Å². The van der Waals surface area contributed by atoms with Crippen molar-refractivity contribution >= 4 is 38.8 Å². The van der Waals surface area contributed by atoms with E-state index in [2.05, 4.69) is 40.7 Å². The molecule has 0 aromatic heterocycles. The lowest BCUT2D eigenvalue weighted by atomic mass is 9.82. The third kappa shape index (κ3) is 2.95. The van der Waals surface area contributed by atoms with Gasteiger partial charge in [-0.1, -0.05) is 42.0 Å². The minimum Gasteiger partial charge on any atom is -0.389 e. The first-order valence-corrected chi connectivity index (χ1v) is 8.06. The number of nitrogens with two attached hydrogens (primary N) is 1. The number of halogens is 1. The van der Waals surface area contributed by atoms with Crippen molar-refractivity contribution in [2.24, 2.45) is 11.1 Å². The van der Waals surface area contributed by atoms with E-state index in [-0.39, 0.29) is 0 Å². The molecule has 1 aliphatic rings. The molecule has 0 unspecified atom stereocenters. The van der Waals surface area contributed by atoms with Crippen molar-refractivity contribution in [1.29, 1.82) is 0 Å². The zero-order chi connectivity index (χ0) is 14.0. The first-order chi connectivity index (χ1) is 9.01. The number of hydrogen-bond donors (Lipinski definition) is 1. The van der Waals surface area contributed by atoms with Crippen molar-refractivity contribution < 1.29 is 0 Å². The fourth-order valence-electron chi connectivity index (χ4n) is 2.94. The molecule has 0 spiro atoms. The maximum Gasteiger partial charge on any atom is 0.106 e. The number of rotatable bonds is 4. The molecule has 0 saturated carbocycles. The molecular formula is C15H21BrN2S. The SMILES string of the molecule is CCC1(CC)CCN(c2cc(Br)ccc2C(N)=S)C1. The highest BCUT2D eigenvalue weighted by Gasteiger charge is 2.35. The van der Waals surface area contributed by atoms with Gasteiger partial charge in [0.05, 0.1) is 0 Å². The molecule has 1 aromatic rings. The smallest absolute Gasteiger partial charge is 0.106 e. The Morgan fingerprint density at radius 1 is 1.42 bits per heavy atom. The van der Waals surface area contributed by atoms with Crippen molar-refractivity contribution in [2.75, 3.05) is 18.0 Å². The minimum absolute atomic E-state index is 0.454. The van der Waals surface area contributed by atoms with E-state index in [1.165, 1.54) is 24.9 Å². The van der Waals surface area contributed by atoms with E-state index in [9.17, 15) is 0 Å². The summed E-state index contributed by atoms with van der Waals surface area (Å²) in [6, 6.07) is 6.15. The normalized spacial score (nSPS) is 17.7. The second kappa shape index (κ2) is 5.80. The maximum atomic E-state index is 5.85. The number of thiocarbonyl (C=S) groups is 1. The highest BCUT2D eigenvalue weighted by molar-refractivity contribution is 9.10. The fraction of sp³-hybridized carbons (Fsp3) is 0.533. The van der Waals surface area contributed by atoms with Gasteiger partial charge in [-0.25, -0.2) is 0 Å². The van der Waals surface area contributed by atoms with Gasteiger partial charge >= 0.3 is 0 Å². The highest BCUT2D eigenvalue weighted by atomic mass is 79.9. The van der Waals surface area contributed by atoms with Crippen LogP contribution in [0.5, 0.6) is 0 Å². The van der Waals surface area contributed by atoms with Crippen LogP contribution in [-0.2, 0) is 0 Å². The van der Waals surface area contributed by atoms with E-state index in [4.69, 9.17) is 18.0 Å². The average molecular weight is 341 g/mol. The molecule has 1 fully saturated rings. The molecule has 2 nitrogen and oxygen atoms in total. The van der Waals surface area contributed by atoms with Gasteiger partial charge in [-0.2, -0.15) is 0 Å². The van der Waals surface area contributed by atoms with Crippen LogP contribution in [0.3, 0.4) is 0 Å². The van der Waals surface area contributed by atoms with Crippen LogP contribution in [0.2, 0.25) is 0 Å². The molecule has 2 rings (SSSR count). The van der Waals surface area contributed by atoms with Gasteiger partial charge in [0.25, 0.3) is 0 Å². The van der Waals surface area contributed by atoms with Crippen LogP contribution in [0.15, 0.2) is 22.7 Å². The molecule has 19 heavy (non-hydrogen) atoms. The summed E-state index contributed by atoms with van der Waals surface area (Å²) >= 11 is 8.72. The van der Waals surface area contributed by atoms with Gasteiger partial charge in [-0.05, 0) is 42.9 Å². The highest BCUT2D eigenvalue weighted by Crippen LogP contribution is 2.40. The summed E-state index contributed by atoms with van der Waals surface area (Å²) in [5, 5.41) is 0. The summed E-state index contributed by atoms with van der Waals surface area (Å²) in [6.45, 7) is 6.78. The molecule has 104 valence electrons. The fourth-order valence-corrected chi connectivity index (χ4v) is 3.46. The molecule has 1 aliphatic heterocycles. The molecule has 0 aliphatic carbocycles. The summed E-state index contributed by atoms with van der Waals surface area (Å²) in [5.74, 6) is 0. The third-order valence-corrected chi connectivity index (χ3v) is 5.22. The number of hydrogen-bond acceptors (Lipinski definition) is 2. The molecule has 4 heteroatoms. The number of benzene rings is 1. The van der Waals surface area contributed by atoms with Gasteiger partial charge in [0.15, 0.2) is 0 Å². The van der Waals surface area contributed by atoms with Crippen molar-refractivity contribution in [3.63, 3.8) is 0 Å². The second-order valence-electron chi connectivity index (χ2n) is 5.40. The summed E-state index contributed by atoms with van der Waals surface area (Å²) in [6.07, 6.45) is 3.72. The van der Waals surface area contributed by atoms with Crippen LogP contribution in [0.1, 0.15) is 38.7 Å². The van der Waals surface area contributed by atoms with E-state index < -0.39 is 0 Å². The Balaban J connectivity index is 2.33. The Hall–Kier alpha value is -0.610. The quantitative estimate of drug-likeness (QED) is 0.836. The molecular weight excluding hydrogens is 320 g/mol. The molecule has 1 aromatic carbocycles. The Morgan fingerprint density at radius 2 is 2.11 bits per heavy atom. The van der Waals surface area contributed by atoms with Gasteiger partial charge in [0.2, 0.25) is 0 Å². The summed E-state index contributed by atoms with van der Waals surface area (Å²) < 4.78 is 1.08. The van der Waals surface area contributed by atoms with Crippen LogP contribution in [0.25, 0.3) is 0 Å². The lowest BCUT2D eigenvalue weighted by Gasteiger charge is -2.28. The van der Waals surface area contributed by atoms with Crippen molar-refractivity contribution in [2.45, 2.75) is 33.1 Å². The molecule has 0 amide bonds. The van der Waals surface area contributed by atoms with Crippen molar-refractivity contribution in [1.82, 2.24) is 0 Å². The zero-order valence-corrected chi connectivity index (χ0v) is 14.0. The van der Waals surface area contributed by atoms with Gasteiger partial charge in [-0.3, -0.25) is 0 Å². The molecule has 0 bridgehead atoms. The summed E-state index contributed by atoms with van der Waals surface area (Å²) in [5.41, 5.74) is 8.47. The van der Waals surface area contributed by atoms with E-state index in [0.29, 0.717) is 10.4 Å². The predicted octanol–water partition coefficient (Wildman–Crippen LogP) is 4.10. The Bertz CT molecular complexity index is 483. The first-order valence-electron chi connectivity index (χ1n) is 6.85. The summed E-state index contributed by atoms with van der Waals surface area (Å²) in [7, 11) is 0. The van der Waals surface area contributed by atoms with Crippen LogP contribution < -0.4 is 10.6 Å². The van der Waals surface area contributed by atoms with Crippen LogP contribution >= 0.6 is 28.1 Å². The second-order valence-corrected chi connectivity index (χ2v) is 6.76. The van der Waals surface area contributed by atoms with Crippen LogP contribution in [0.4, 0.5) is 5.69 Å². The third-order valence-electron chi connectivity index (χ3n) is 4.50. The Kier molecular flexibility index (Phi) is 4.51. The number of anilines is 1. The summed E-state index contributed by atoms with van der Waals surface area (Å²) in [4.78, 5) is 2.92. The molecule has 0 radical (unpaired) electrons. The number of nitrogens with zero attached hydrogens (tertiary/aromatic N) is 1. The van der Waals surface area contributed by atoms with Crippen molar-refractivity contribution in [3.05, 3.63) is 28.2 Å². The maximum absolute atomic E-state index is 5.85. The molecule has 0 atom stereocenters. The lowest BCUT2D eigenvalue weighted by molar-refractivity contribution is 0.301. The van der Waals surface area contributed by atoms with Crippen LogP contribution in [-0.4, -0.2) is 18.1 Å². The lowest BCUT2D eigenvalue weighted by Crippen LogP contribution is -2.28. The minimum atomic E-state index is 0.454. The topological polar surface area (TPSA) is 29.3 Å². The van der Waals surface area contributed by atoms with Gasteiger partial charge < -0.3 is 10.6 Å². The zero-order valence-electron chi connectivity index (χ0n) is 11.6. The van der Waals surface area contributed by atoms with Gasteiger partial charge in [0, 0.05) is 28.8 Å². The standard InChI is InChI=1S/C15H21BrN2S/c1-3-15(4-2)7-8-18(10-15)13-9-11(16)5-6-12(13)14(17)19/h5-6,9H,3-4,7-8,10H2,1-2H3,(H2,17,19). The van der Waals surface area contributed by atoms with Gasteiger partial charge in [-0.15, -0.1) is 0 Å². The Morgan fingerprint density at radius 3 is 2.63 bits per heavy atom. The predicted molar refractivity (Wildman–Crippen MR) is 89.9 cm³/mol. The van der Waals surface area contributed by atoms with Gasteiger partial charge in [0.1, 0.15) is 4.99 Å². The van der Waals surface area contributed by atoms with E-state index in [1.807, 2.05) is 12.1 Å². The van der Waals surface area contributed by atoms with E-state index in [1.54, 1.807) is 0 Å². The van der Waals surface area contributed by atoms with E-state index >= 15 is 0 Å². The molecule has 1 heterocycles.